The molecule has 32 heavy (non-hydrogen) atoms. The number of aryl methyl sites for hydroxylation is 2. The van der Waals surface area contributed by atoms with Crippen molar-refractivity contribution in [1.82, 2.24) is 24.4 Å². The molecular weight excluding hydrogens is 406 g/mol. The highest BCUT2D eigenvalue weighted by Gasteiger charge is 2.23. The minimum atomic E-state index is -0.154. The van der Waals surface area contributed by atoms with Crippen LogP contribution < -0.4 is 15.8 Å². The van der Waals surface area contributed by atoms with Gasteiger partial charge in [-0.2, -0.15) is 4.98 Å². The first-order valence-corrected chi connectivity index (χ1v) is 11.6. The van der Waals surface area contributed by atoms with Crippen molar-refractivity contribution in [1.29, 1.82) is 0 Å². The van der Waals surface area contributed by atoms with E-state index in [9.17, 15) is 9.59 Å². The number of carbonyl (C=O) groups is 1. The number of piperazine rings is 1. The number of anilines is 2. The highest BCUT2D eigenvalue weighted by atomic mass is 16.2. The van der Waals surface area contributed by atoms with Gasteiger partial charge in [-0.25, -0.2) is 9.97 Å². The third-order valence-corrected chi connectivity index (χ3v) is 6.56. The molecule has 3 heterocycles. The van der Waals surface area contributed by atoms with Crippen LogP contribution in [0, 0.1) is 20.8 Å². The minimum Gasteiger partial charge on any atom is -0.353 e. The van der Waals surface area contributed by atoms with Crippen molar-refractivity contribution in [3.63, 3.8) is 0 Å². The van der Waals surface area contributed by atoms with Gasteiger partial charge in [0.2, 0.25) is 11.9 Å². The lowest BCUT2D eigenvalue weighted by molar-refractivity contribution is -0.132. The molecule has 1 saturated heterocycles. The van der Waals surface area contributed by atoms with Crippen LogP contribution in [0.3, 0.4) is 0 Å². The van der Waals surface area contributed by atoms with Gasteiger partial charge in [0.1, 0.15) is 12.4 Å². The van der Waals surface area contributed by atoms with Gasteiger partial charge in [-0.3, -0.25) is 14.2 Å². The second-order valence-electron chi connectivity index (χ2n) is 8.93. The second-order valence-corrected chi connectivity index (χ2v) is 8.93. The second kappa shape index (κ2) is 9.67. The first kappa shape index (κ1) is 22.2. The third-order valence-electron chi connectivity index (χ3n) is 6.56. The summed E-state index contributed by atoms with van der Waals surface area (Å²) in [5.74, 6) is 1.54. The van der Waals surface area contributed by atoms with E-state index in [0.717, 1.165) is 11.5 Å². The summed E-state index contributed by atoms with van der Waals surface area (Å²) in [6.07, 6.45) is 7.64. The summed E-state index contributed by atoms with van der Waals surface area (Å²) in [5, 5.41) is 3.52. The van der Waals surface area contributed by atoms with E-state index in [-0.39, 0.29) is 18.0 Å². The van der Waals surface area contributed by atoms with Crippen molar-refractivity contribution in [2.75, 3.05) is 36.4 Å². The van der Waals surface area contributed by atoms with Crippen molar-refractivity contribution < 1.29 is 4.79 Å². The Morgan fingerprint density at radius 2 is 1.78 bits per heavy atom. The third kappa shape index (κ3) is 5.08. The molecule has 0 aromatic carbocycles. The Morgan fingerprint density at radius 3 is 2.50 bits per heavy atom. The summed E-state index contributed by atoms with van der Waals surface area (Å²) in [6.45, 7) is 8.15. The Labute approximate surface area is 188 Å². The number of rotatable bonds is 5. The van der Waals surface area contributed by atoms with Gasteiger partial charge in [0.25, 0.3) is 5.56 Å². The number of amides is 1. The molecule has 2 aromatic rings. The highest BCUT2D eigenvalue weighted by molar-refractivity contribution is 5.76. The fourth-order valence-electron chi connectivity index (χ4n) is 4.43. The summed E-state index contributed by atoms with van der Waals surface area (Å²) in [6, 6.07) is 2.46. The molecule has 172 valence electrons. The van der Waals surface area contributed by atoms with E-state index in [4.69, 9.17) is 4.98 Å². The molecule has 0 spiro atoms. The van der Waals surface area contributed by atoms with Crippen molar-refractivity contribution in [3.05, 3.63) is 39.7 Å². The van der Waals surface area contributed by atoms with Crippen LogP contribution in [0.5, 0.6) is 0 Å². The number of aromatic nitrogens is 4. The highest BCUT2D eigenvalue weighted by Crippen LogP contribution is 2.22. The molecule has 0 radical (unpaired) electrons. The van der Waals surface area contributed by atoms with Crippen molar-refractivity contribution in [2.24, 2.45) is 0 Å². The molecule has 9 heteroatoms. The number of hydrogen-bond donors (Lipinski definition) is 1. The summed E-state index contributed by atoms with van der Waals surface area (Å²) in [4.78, 5) is 42.7. The van der Waals surface area contributed by atoms with E-state index in [1.54, 1.807) is 13.8 Å². The van der Waals surface area contributed by atoms with Crippen molar-refractivity contribution in [3.8, 4) is 0 Å². The largest absolute Gasteiger partial charge is 0.353 e. The van der Waals surface area contributed by atoms with E-state index in [1.165, 1.54) is 43.0 Å². The van der Waals surface area contributed by atoms with Crippen LogP contribution in [0.25, 0.3) is 0 Å². The molecule has 0 unspecified atom stereocenters. The zero-order valence-electron chi connectivity index (χ0n) is 19.3. The maximum absolute atomic E-state index is 12.8. The number of hydrogen-bond acceptors (Lipinski definition) is 7. The Hall–Kier alpha value is -2.97. The van der Waals surface area contributed by atoms with Crippen LogP contribution in [-0.4, -0.2) is 62.5 Å². The summed E-state index contributed by atoms with van der Waals surface area (Å²) < 4.78 is 1.40. The summed E-state index contributed by atoms with van der Waals surface area (Å²) in [5.41, 5.74) is 2.07. The summed E-state index contributed by atoms with van der Waals surface area (Å²) in [7, 11) is 0. The Morgan fingerprint density at radius 1 is 1.06 bits per heavy atom. The van der Waals surface area contributed by atoms with E-state index in [2.05, 4.69) is 20.2 Å². The SMILES string of the molecule is Cc1cc(N2CCN(C(=O)Cn3cnc(C)c(C)c3=O)CC2)nc(NC2CCCCC2)n1. The monoisotopic (exact) mass is 439 g/mol. The molecule has 1 aliphatic carbocycles. The van der Waals surface area contributed by atoms with Gasteiger partial charge in [-0.1, -0.05) is 19.3 Å². The average molecular weight is 440 g/mol. The zero-order valence-corrected chi connectivity index (χ0v) is 19.3. The predicted molar refractivity (Wildman–Crippen MR) is 124 cm³/mol. The lowest BCUT2D eigenvalue weighted by Crippen LogP contribution is -2.50. The first-order chi connectivity index (χ1) is 15.4. The standard InChI is InChI=1S/C23H33N7O2/c1-16-13-20(27-23(25-16)26-19-7-5-4-6-8-19)28-9-11-29(12-10-28)21(31)14-30-15-24-18(3)17(2)22(30)32/h13,15,19H,4-12,14H2,1-3H3,(H,25,26,27). The fourth-order valence-corrected chi connectivity index (χ4v) is 4.43. The normalized spacial score (nSPS) is 17.5. The molecule has 9 nitrogen and oxygen atoms in total. The number of nitrogens with zero attached hydrogens (tertiary/aromatic N) is 6. The van der Waals surface area contributed by atoms with Gasteiger partial charge in [0.15, 0.2) is 0 Å². The van der Waals surface area contributed by atoms with Crippen LogP contribution in [0.2, 0.25) is 0 Å². The van der Waals surface area contributed by atoms with Crippen molar-refractivity contribution in [2.45, 2.75) is 65.5 Å². The summed E-state index contributed by atoms with van der Waals surface area (Å²) >= 11 is 0. The van der Waals surface area contributed by atoms with Gasteiger partial charge in [0.05, 0.1) is 6.33 Å². The molecule has 4 rings (SSSR count). The fraction of sp³-hybridized carbons (Fsp3) is 0.609. The number of nitrogens with one attached hydrogen (secondary N) is 1. The minimum absolute atomic E-state index is 0.0228. The number of carbonyl (C=O) groups excluding carboxylic acids is 1. The van der Waals surface area contributed by atoms with Crippen LogP contribution in [0.1, 0.15) is 49.1 Å². The van der Waals surface area contributed by atoms with Crippen LogP contribution in [-0.2, 0) is 11.3 Å². The van der Waals surface area contributed by atoms with Crippen molar-refractivity contribution >= 4 is 17.7 Å². The average Bonchev–Trinajstić information content (AvgIpc) is 2.80. The van der Waals surface area contributed by atoms with E-state index in [0.29, 0.717) is 49.4 Å². The van der Waals surface area contributed by atoms with E-state index < -0.39 is 0 Å². The molecule has 1 saturated carbocycles. The Balaban J connectivity index is 1.36. The van der Waals surface area contributed by atoms with E-state index >= 15 is 0 Å². The molecule has 1 aliphatic heterocycles. The molecular formula is C23H33N7O2. The van der Waals surface area contributed by atoms with E-state index in [1.807, 2.05) is 17.9 Å². The maximum atomic E-state index is 12.8. The molecule has 2 fully saturated rings. The van der Waals surface area contributed by atoms with Gasteiger partial charge >= 0.3 is 0 Å². The first-order valence-electron chi connectivity index (χ1n) is 11.6. The van der Waals surface area contributed by atoms with Crippen LogP contribution >= 0.6 is 0 Å². The van der Waals surface area contributed by atoms with Gasteiger partial charge in [-0.05, 0) is 33.6 Å². The lowest BCUT2D eigenvalue weighted by Gasteiger charge is -2.35. The molecule has 1 N–H and O–H groups in total. The molecule has 2 aromatic heterocycles. The predicted octanol–water partition coefficient (Wildman–Crippen LogP) is 2.05. The molecule has 0 atom stereocenters. The Bertz CT molecular complexity index is 1020. The van der Waals surface area contributed by atoms with Gasteiger partial charge in [0, 0.05) is 55.2 Å². The smallest absolute Gasteiger partial charge is 0.256 e. The molecule has 1 amide bonds. The molecule has 2 aliphatic rings. The maximum Gasteiger partial charge on any atom is 0.256 e. The van der Waals surface area contributed by atoms with Gasteiger partial charge < -0.3 is 15.1 Å². The molecule has 0 bridgehead atoms. The topological polar surface area (TPSA) is 96.3 Å². The quantitative estimate of drug-likeness (QED) is 0.762. The van der Waals surface area contributed by atoms with Crippen LogP contribution in [0.4, 0.5) is 11.8 Å². The van der Waals surface area contributed by atoms with Crippen LogP contribution in [0.15, 0.2) is 17.2 Å². The zero-order chi connectivity index (χ0) is 22.7. The van der Waals surface area contributed by atoms with Gasteiger partial charge in [-0.15, -0.1) is 0 Å². The Kier molecular flexibility index (Phi) is 6.72. The lowest BCUT2D eigenvalue weighted by atomic mass is 9.96.